The number of hydrogen-bond donors (Lipinski definition) is 0. The molecule has 1 aliphatic heterocycles. The molecule has 1 aromatic carbocycles. The topological polar surface area (TPSA) is 60.2 Å². The van der Waals surface area contributed by atoms with E-state index in [1.54, 1.807) is 27.9 Å². The minimum Gasteiger partial charge on any atom is -0.444 e. The summed E-state index contributed by atoms with van der Waals surface area (Å²) in [7, 11) is 1.87. The minimum atomic E-state index is -0.544. The zero-order valence-corrected chi connectivity index (χ0v) is 18.1. The molecule has 6 nitrogen and oxygen atoms in total. The van der Waals surface area contributed by atoms with Crippen molar-refractivity contribution in [1.29, 1.82) is 0 Å². The molecule has 0 saturated heterocycles. The van der Waals surface area contributed by atoms with Crippen molar-refractivity contribution in [2.75, 3.05) is 13.1 Å². The first kappa shape index (κ1) is 20.8. The van der Waals surface area contributed by atoms with Crippen LogP contribution in [0.15, 0.2) is 54.9 Å². The molecule has 7 heteroatoms. The predicted molar refractivity (Wildman–Crippen MR) is 118 cm³/mol. The van der Waals surface area contributed by atoms with Gasteiger partial charge in [0.1, 0.15) is 11.4 Å². The van der Waals surface area contributed by atoms with Gasteiger partial charge in [-0.05, 0) is 62.7 Å². The summed E-state index contributed by atoms with van der Waals surface area (Å²) in [5, 5.41) is 4.56. The average molecular weight is 420 g/mol. The molecule has 0 fully saturated rings. The van der Waals surface area contributed by atoms with Crippen LogP contribution in [-0.2, 0) is 11.8 Å². The standard InChI is InChI=1S/C24H25FN4O2/c1-24(2,3)31-23(30)29-12-9-17(15-29)20-14-26-22(16-5-7-18(25)8-6-16)13-19(20)21-10-11-28(4)27-21/h5-11,13-14H,12,15H2,1-4H3. The normalized spacial score (nSPS) is 14.0. The molecule has 2 aromatic heterocycles. The third kappa shape index (κ3) is 4.66. The third-order valence-electron chi connectivity index (χ3n) is 4.95. The summed E-state index contributed by atoms with van der Waals surface area (Å²) in [4.78, 5) is 18.7. The largest absolute Gasteiger partial charge is 0.444 e. The van der Waals surface area contributed by atoms with E-state index in [-0.39, 0.29) is 11.9 Å². The number of halogens is 1. The lowest BCUT2D eigenvalue weighted by Crippen LogP contribution is -2.35. The van der Waals surface area contributed by atoms with Crippen LogP contribution in [-0.4, -0.2) is 44.4 Å². The van der Waals surface area contributed by atoms with E-state index in [4.69, 9.17) is 4.74 Å². The Kier molecular flexibility index (Phi) is 5.35. The molecule has 0 bridgehead atoms. The van der Waals surface area contributed by atoms with E-state index < -0.39 is 5.60 Å². The first-order valence-corrected chi connectivity index (χ1v) is 10.1. The predicted octanol–water partition coefficient (Wildman–Crippen LogP) is 4.92. The first-order valence-electron chi connectivity index (χ1n) is 10.1. The Hall–Kier alpha value is -3.48. The van der Waals surface area contributed by atoms with Crippen molar-refractivity contribution >= 4 is 11.7 Å². The van der Waals surface area contributed by atoms with Gasteiger partial charge in [-0.2, -0.15) is 5.10 Å². The van der Waals surface area contributed by atoms with Crippen LogP contribution in [0.5, 0.6) is 0 Å². The molecule has 3 aromatic rings. The fourth-order valence-electron chi connectivity index (χ4n) is 3.48. The molecule has 0 saturated carbocycles. The van der Waals surface area contributed by atoms with Gasteiger partial charge in [0.25, 0.3) is 0 Å². The van der Waals surface area contributed by atoms with Crippen molar-refractivity contribution in [1.82, 2.24) is 19.7 Å². The Morgan fingerprint density at radius 3 is 2.48 bits per heavy atom. The van der Waals surface area contributed by atoms with Crippen LogP contribution in [0.1, 0.15) is 26.3 Å². The quantitative estimate of drug-likeness (QED) is 0.603. The minimum absolute atomic E-state index is 0.288. The molecule has 1 amide bonds. The third-order valence-corrected chi connectivity index (χ3v) is 4.95. The Balaban J connectivity index is 1.68. The van der Waals surface area contributed by atoms with Gasteiger partial charge in [0, 0.05) is 49.2 Å². The maximum Gasteiger partial charge on any atom is 0.410 e. The van der Waals surface area contributed by atoms with Crippen molar-refractivity contribution in [2.24, 2.45) is 7.05 Å². The summed E-state index contributed by atoms with van der Waals surface area (Å²) in [6, 6.07) is 10.2. The number of carbonyl (C=O) groups excluding carboxylic acids is 1. The highest BCUT2D eigenvalue weighted by Crippen LogP contribution is 2.33. The maximum atomic E-state index is 13.3. The van der Waals surface area contributed by atoms with Crippen LogP contribution in [0.2, 0.25) is 0 Å². The number of benzene rings is 1. The summed E-state index contributed by atoms with van der Waals surface area (Å²) < 4.78 is 20.6. The SMILES string of the molecule is Cn1ccc(-c2cc(-c3ccc(F)cc3)ncc2C2=CCN(C(=O)OC(C)(C)C)C2)n1. The summed E-state index contributed by atoms with van der Waals surface area (Å²) in [6.45, 7) is 6.48. The molecule has 0 aliphatic carbocycles. The molecule has 160 valence electrons. The van der Waals surface area contributed by atoms with Crippen LogP contribution in [0.3, 0.4) is 0 Å². The molecule has 31 heavy (non-hydrogen) atoms. The molecule has 0 unspecified atom stereocenters. The van der Waals surface area contributed by atoms with Gasteiger partial charge in [-0.25, -0.2) is 9.18 Å². The summed E-state index contributed by atoms with van der Waals surface area (Å²) in [5.74, 6) is -0.288. The van der Waals surface area contributed by atoms with Gasteiger partial charge in [0.15, 0.2) is 0 Å². The number of aromatic nitrogens is 3. The monoisotopic (exact) mass is 420 g/mol. The highest BCUT2D eigenvalue weighted by Gasteiger charge is 2.27. The van der Waals surface area contributed by atoms with Crippen LogP contribution in [0.25, 0.3) is 28.1 Å². The summed E-state index contributed by atoms with van der Waals surface area (Å²) in [6.07, 6.45) is 5.36. The van der Waals surface area contributed by atoms with Crippen molar-refractivity contribution in [3.63, 3.8) is 0 Å². The number of pyridine rings is 1. The highest BCUT2D eigenvalue weighted by atomic mass is 19.1. The van der Waals surface area contributed by atoms with E-state index >= 15 is 0 Å². The second kappa shape index (κ2) is 7.98. The van der Waals surface area contributed by atoms with Crippen LogP contribution in [0, 0.1) is 5.82 Å². The zero-order valence-electron chi connectivity index (χ0n) is 18.1. The molecule has 1 aliphatic rings. The van der Waals surface area contributed by atoms with Crippen molar-refractivity contribution < 1.29 is 13.9 Å². The second-order valence-electron chi connectivity index (χ2n) is 8.59. The summed E-state index contributed by atoms with van der Waals surface area (Å²) in [5.41, 5.74) is 4.62. The van der Waals surface area contributed by atoms with E-state index in [1.807, 2.05) is 52.2 Å². The average Bonchev–Trinajstić information content (AvgIpc) is 3.36. The Bertz CT molecular complexity index is 1140. The fourth-order valence-corrected chi connectivity index (χ4v) is 3.48. The van der Waals surface area contributed by atoms with E-state index in [1.165, 1.54) is 12.1 Å². The highest BCUT2D eigenvalue weighted by molar-refractivity contribution is 5.85. The molecule has 0 spiro atoms. The van der Waals surface area contributed by atoms with Gasteiger partial charge in [0.05, 0.1) is 11.4 Å². The van der Waals surface area contributed by atoms with Gasteiger partial charge >= 0.3 is 6.09 Å². The number of carbonyl (C=O) groups is 1. The smallest absolute Gasteiger partial charge is 0.410 e. The number of nitrogens with zero attached hydrogens (tertiary/aromatic N) is 4. The lowest BCUT2D eigenvalue weighted by molar-refractivity contribution is 0.0306. The molecular weight excluding hydrogens is 395 g/mol. The van der Waals surface area contributed by atoms with Gasteiger partial charge in [-0.1, -0.05) is 6.08 Å². The van der Waals surface area contributed by atoms with Crippen LogP contribution in [0.4, 0.5) is 9.18 Å². The van der Waals surface area contributed by atoms with Gasteiger partial charge in [0.2, 0.25) is 0 Å². The fraction of sp³-hybridized carbons (Fsp3) is 0.292. The number of aryl methyl sites for hydroxylation is 1. The van der Waals surface area contributed by atoms with E-state index in [9.17, 15) is 9.18 Å². The molecule has 4 rings (SSSR count). The molecule has 3 heterocycles. The van der Waals surface area contributed by atoms with E-state index in [0.29, 0.717) is 13.1 Å². The molecule has 0 radical (unpaired) electrons. The van der Waals surface area contributed by atoms with Crippen LogP contribution >= 0.6 is 0 Å². The molecule has 0 atom stereocenters. The van der Waals surface area contributed by atoms with Crippen molar-refractivity contribution in [3.05, 3.63) is 66.2 Å². The Morgan fingerprint density at radius 2 is 1.84 bits per heavy atom. The Labute approximate surface area is 181 Å². The molecule has 0 N–H and O–H groups in total. The summed E-state index contributed by atoms with van der Waals surface area (Å²) >= 11 is 0. The van der Waals surface area contributed by atoms with Crippen LogP contribution < -0.4 is 0 Å². The number of ether oxygens (including phenoxy) is 1. The lowest BCUT2D eigenvalue weighted by atomic mass is 9.98. The molecular formula is C24H25FN4O2. The van der Waals surface area contributed by atoms with Crippen molar-refractivity contribution in [3.8, 4) is 22.5 Å². The van der Waals surface area contributed by atoms with E-state index in [0.717, 1.165) is 33.7 Å². The van der Waals surface area contributed by atoms with Gasteiger partial charge in [-0.3, -0.25) is 9.67 Å². The van der Waals surface area contributed by atoms with Gasteiger partial charge < -0.3 is 9.64 Å². The number of rotatable bonds is 3. The first-order chi connectivity index (χ1) is 14.7. The van der Waals surface area contributed by atoms with Gasteiger partial charge in [-0.15, -0.1) is 0 Å². The second-order valence-corrected chi connectivity index (χ2v) is 8.59. The van der Waals surface area contributed by atoms with Crippen molar-refractivity contribution in [2.45, 2.75) is 26.4 Å². The maximum absolute atomic E-state index is 13.3. The zero-order chi connectivity index (χ0) is 22.2. The Morgan fingerprint density at radius 1 is 1.10 bits per heavy atom. The van der Waals surface area contributed by atoms with E-state index in [2.05, 4.69) is 10.1 Å². The number of amides is 1. The number of hydrogen-bond acceptors (Lipinski definition) is 4. The lowest BCUT2D eigenvalue weighted by Gasteiger charge is -2.24.